The predicted octanol–water partition coefficient (Wildman–Crippen LogP) is 4.01. The number of aliphatic imine (C=N–C) groups is 1. The van der Waals surface area contributed by atoms with E-state index in [0.717, 1.165) is 34.2 Å². The van der Waals surface area contributed by atoms with Crippen LogP contribution in [0.15, 0.2) is 52.2 Å². The van der Waals surface area contributed by atoms with E-state index in [4.69, 9.17) is 4.74 Å². The molecule has 0 spiro atoms. The Bertz CT molecular complexity index is 690. The summed E-state index contributed by atoms with van der Waals surface area (Å²) in [6.07, 6.45) is 5.01. The molecule has 0 radical (unpaired) electrons. The van der Waals surface area contributed by atoms with Gasteiger partial charge in [0.1, 0.15) is 11.5 Å². The first-order chi connectivity index (χ1) is 9.80. The van der Waals surface area contributed by atoms with Crippen LogP contribution in [-0.2, 0) is 11.2 Å². The van der Waals surface area contributed by atoms with Gasteiger partial charge in [-0.3, -0.25) is 0 Å². The van der Waals surface area contributed by atoms with Gasteiger partial charge in [-0.25, -0.2) is 4.99 Å². The third-order valence-corrected chi connectivity index (χ3v) is 4.09. The van der Waals surface area contributed by atoms with Gasteiger partial charge in [-0.2, -0.15) is 0 Å². The van der Waals surface area contributed by atoms with Crippen molar-refractivity contribution < 1.29 is 4.74 Å². The Balaban J connectivity index is 1.94. The molecule has 2 aromatic heterocycles. The van der Waals surface area contributed by atoms with Gasteiger partial charge in [0.25, 0.3) is 0 Å². The molecule has 0 unspecified atom stereocenters. The number of thiophene rings is 1. The van der Waals surface area contributed by atoms with E-state index in [1.54, 1.807) is 18.4 Å². The van der Waals surface area contributed by atoms with Gasteiger partial charge in [-0.1, -0.05) is 13.0 Å². The van der Waals surface area contributed by atoms with Crippen molar-refractivity contribution in [2.24, 2.45) is 4.99 Å². The smallest absolute Gasteiger partial charge is 0.146 e. The Labute approximate surface area is 122 Å². The molecule has 3 rings (SSSR count). The number of ether oxygens (including phenoxy) is 1. The predicted molar refractivity (Wildman–Crippen MR) is 84.1 cm³/mol. The number of aryl methyl sites for hydroxylation is 1. The maximum Gasteiger partial charge on any atom is 0.146 e. The van der Waals surface area contributed by atoms with E-state index in [9.17, 15) is 0 Å². The second-order valence-electron chi connectivity index (χ2n) is 4.51. The van der Waals surface area contributed by atoms with E-state index in [0.29, 0.717) is 0 Å². The van der Waals surface area contributed by atoms with Crippen LogP contribution in [0.4, 0.5) is 0 Å². The van der Waals surface area contributed by atoms with Gasteiger partial charge in [0.2, 0.25) is 0 Å². The van der Waals surface area contributed by atoms with Crippen LogP contribution in [-0.4, -0.2) is 17.8 Å². The molecule has 4 heteroatoms. The van der Waals surface area contributed by atoms with Crippen LogP contribution < -0.4 is 0 Å². The zero-order valence-electron chi connectivity index (χ0n) is 11.5. The minimum atomic E-state index is 0.807. The Morgan fingerprint density at radius 2 is 2.25 bits per heavy atom. The minimum Gasteiger partial charge on any atom is -0.494 e. The molecular weight excluding hydrogens is 268 g/mol. The topological polar surface area (TPSA) is 37.4 Å². The van der Waals surface area contributed by atoms with Crippen LogP contribution in [0.2, 0.25) is 0 Å². The molecule has 20 heavy (non-hydrogen) atoms. The largest absolute Gasteiger partial charge is 0.494 e. The third-order valence-electron chi connectivity index (χ3n) is 3.20. The van der Waals surface area contributed by atoms with Gasteiger partial charge in [0, 0.05) is 17.5 Å². The number of hydrogen-bond donors (Lipinski definition) is 1. The lowest BCUT2D eigenvalue weighted by atomic mass is 10.2. The molecule has 3 heterocycles. The van der Waals surface area contributed by atoms with Gasteiger partial charge in [-0.15, -0.1) is 11.3 Å². The standard InChI is InChI=1S/C16H16N2OS/c1-3-11-6-7-12(17-11)9-13-15(19-2)10-14(18-13)16-5-4-8-20-16/h4-10,17H,3H2,1-2H3/b13-9-. The number of nitrogens with one attached hydrogen (secondary N) is 1. The van der Waals surface area contributed by atoms with E-state index in [1.807, 2.05) is 18.2 Å². The van der Waals surface area contributed by atoms with Crippen LogP contribution in [0, 0.1) is 0 Å². The number of hydrogen-bond acceptors (Lipinski definition) is 3. The lowest BCUT2D eigenvalue weighted by Crippen LogP contribution is -1.88. The fourth-order valence-corrected chi connectivity index (χ4v) is 2.82. The van der Waals surface area contributed by atoms with Crippen molar-refractivity contribution in [2.45, 2.75) is 13.3 Å². The van der Waals surface area contributed by atoms with Crippen LogP contribution >= 0.6 is 11.3 Å². The molecule has 0 saturated heterocycles. The average molecular weight is 284 g/mol. The summed E-state index contributed by atoms with van der Waals surface area (Å²) in [7, 11) is 1.68. The number of allylic oxidation sites excluding steroid dienone is 1. The maximum absolute atomic E-state index is 5.43. The lowest BCUT2D eigenvalue weighted by molar-refractivity contribution is 0.303. The molecule has 102 valence electrons. The van der Waals surface area contributed by atoms with Crippen molar-refractivity contribution in [2.75, 3.05) is 7.11 Å². The van der Waals surface area contributed by atoms with Crippen LogP contribution in [0.25, 0.3) is 6.08 Å². The molecule has 0 saturated carbocycles. The minimum absolute atomic E-state index is 0.807. The molecule has 1 N–H and O–H groups in total. The Morgan fingerprint density at radius 1 is 1.35 bits per heavy atom. The highest BCUT2D eigenvalue weighted by molar-refractivity contribution is 7.12. The SMILES string of the molecule is CCc1ccc(/C=C2\N=C(c3cccs3)C=C2OC)[nH]1. The zero-order valence-corrected chi connectivity index (χ0v) is 12.3. The summed E-state index contributed by atoms with van der Waals surface area (Å²) in [5.41, 5.74) is 4.10. The highest BCUT2D eigenvalue weighted by atomic mass is 32.1. The summed E-state index contributed by atoms with van der Waals surface area (Å²) in [6, 6.07) is 8.27. The number of aromatic nitrogens is 1. The first-order valence-corrected chi connectivity index (χ1v) is 7.46. The number of H-pyrrole nitrogens is 1. The lowest BCUT2D eigenvalue weighted by Gasteiger charge is -2.00. The third kappa shape index (κ3) is 2.47. The molecule has 3 nitrogen and oxygen atoms in total. The fourth-order valence-electron chi connectivity index (χ4n) is 2.13. The number of aromatic amines is 1. The quantitative estimate of drug-likeness (QED) is 0.905. The normalized spacial score (nSPS) is 16.4. The van der Waals surface area contributed by atoms with Crippen molar-refractivity contribution in [1.29, 1.82) is 0 Å². The Hall–Kier alpha value is -2.07. The molecular formula is C16H16N2OS. The molecule has 0 aromatic carbocycles. The van der Waals surface area contributed by atoms with Crippen molar-refractivity contribution in [3.05, 3.63) is 63.4 Å². The first kappa shape index (κ1) is 12.9. The summed E-state index contributed by atoms with van der Waals surface area (Å²) in [6.45, 7) is 2.13. The van der Waals surface area contributed by atoms with E-state index >= 15 is 0 Å². The van der Waals surface area contributed by atoms with Gasteiger partial charge in [0.15, 0.2) is 0 Å². The average Bonchev–Trinajstić information content (AvgIpc) is 3.19. The van der Waals surface area contributed by atoms with Gasteiger partial charge < -0.3 is 9.72 Å². The fraction of sp³-hybridized carbons (Fsp3) is 0.188. The van der Waals surface area contributed by atoms with Gasteiger partial charge in [0.05, 0.1) is 17.7 Å². The summed E-state index contributed by atoms with van der Waals surface area (Å²) in [5.74, 6) is 0.807. The number of rotatable bonds is 4. The van der Waals surface area contributed by atoms with Crippen molar-refractivity contribution in [3.63, 3.8) is 0 Å². The van der Waals surface area contributed by atoms with Gasteiger partial charge >= 0.3 is 0 Å². The molecule has 0 atom stereocenters. The van der Waals surface area contributed by atoms with Gasteiger partial charge in [-0.05, 0) is 36.1 Å². The van der Waals surface area contributed by atoms with E-state index in [1.165, 1.54) is 5.69 Å². The Kier molecular flexibility index (Phi) is 3.56. The van der Waals surface area contributed by atoms with Crippen molar-refractivity contribution in [3.8, 4) is 0 Å². The van der Waals surface area contributed by atoms with E-state index < -0.39 is 0 Å². The van der Waals surface area contributed by atoms with Crippen molar-refractivity contribution in [1.82, 2.24) is 4.98 Å². The van der Waals surface area contributed by atoms with E-state index in [2.05, 4.69) is 40.5 Å². The number of nitrogens with zero attached hydrogens (tertiary/aromatic N) is 1. The van der Waals surface area contributed by atoms with Crippen LogP contribution in [0.3, 0.4) is 0 Å². The highest BCUT2D eigenvalue weighted by Crippen LogP contribution is 2.26. The Morgan fingerprint density at radius 3 is 2.90 bits per heavy atom. The maximum atomic E-state index is 5.43. The highest BCUT2D eigenvalue weighted by Gasteiger charge is 2.17. The summed E-state index contributed by atoms with van der Waals surface area (Å²) >= 11 is 1.68. The molecule has 0 bridgehead atoms. The molecule has 0 amide bonds. The molecule has 1 aliphatic rings. The van der Waals surface area contributed by atoms with E-state index in [-0.39, 0.29) is 0 Å². The molecule has 0 fully saturated rings. The first-order valence-electron chi connectivity index (χ1n) is 6.58. The molecule has 1 aliphatic heterocycles. The van der Waals surface area contributed by atoms with Crippen molar-refractivity contribution >= 4 is 23.1 Å². The molecule has 2 aromatic rings. The summed E-state index contributed by atoms with van der Waals surface area (Å²) in [4.78, 5) is 9.18. The van der Waals surface area contributed by atoms with Crippen LogP contribution in [0.5, 0.6) is 0 Å². The summed E-state index contributed by atoms with van der Waals surface area (Å²) in [5, 5.41) is 2.05. The summed E-state index contributed by atoms with van der Waals surface area (Å²) < 4.78 is 5.43. The second kappa shape index (κ2) is 5.51. The number of methoxy groups -OCH3 is 1. The second-order valence-corrected chi connectivity index (χ2v) is 5.46. The molecule has 0 aliphatic carbocycles. The zero-order chi connectivity index (χ0) is 13.9. The van der Waals surface area contributed by atoms with Crippen LogP contribution in [0.1, 0.15) is 23.2 Å². The monoisotopic (exact) mass is 284 g/mol.